The first-order valence-corrected chi connectivity index (χ1v) is 5.62. The smallest absolute Gasteiger partial charge is 0.265 e. The topological polar surface area (TPSA) is 80.0 Å². The lowest BCUT2D eigenvalue weighted by Crippen LogP contribution is -2.24. The van der Waals surface area contributed by atoms with Crippen molar-refractivity contribution in [3.8, 4) is 11.8 Å². The second-order valence-electron chi connectivity index (χ2n) is 2.92. The minimum absolute atomic E-state index is 0.200. The summed E-state index contributed by atoms with van der Waals surface area (Å²) < 4.78 is 0. The van der Waals surface area contributed by atoms with E-state index in [1.165, 1.54) is 11.3 Å². The van der Waals surface area contributed by atoms with Crippen molar-refractivity contribution < 1.29 is 4.79 Å². The van der Waals surface area contributed by atoms with E-state index in [0.29, 0.717) is 23.0 Å². The van der Waals surface area contributed by atoms with Gasteiger partial charge in [0.1, 0.15) is 10.7 Å². The molecule has 86 valence electrons. The van der Waals surface area contributed by atoms with Gasteiger partial charge in [0.05, 0.1) is 0 Å². The van der Waals surface area contributed by atoms with Gasteiger partial charge in [-0.1, -0.05) is 11.3 Å². The summed E-state index contributed by atoms with van der Waals surface area (Å²) in [5.74, 6) is 5.68. The molecule has 0 fully saturated rings. The molecule has 4 N–H and O–H groups in total. The number of carbonyl (C=O) groups excluding carboxylic acids is 1. The van der Waals surface area contributed by atoms with Gasteiger partial charge in [-0.2, -0.15) is 0 Å². The normalized spacial score (nSPS) is 9.12. The number of nitrogens with zero attached hydrogens (tertiary/aromatic N) is 1. The standard InChI is InChI=1S/C10H14N4OS/c1-3-4-5-6-13-9(15)7-8(11)14-10(12-2)16-7/h5-6,11H2,1-2H3,(H,12,14)(H,13,15). The largest absolute Gasteiger partial charge is 0.382 e. The number of carbonyl (C=O) groups is 1. The van der Waals surface area contributed by atoms with E-state index >= 15 is 0 Å². The third-order valence-electron chi connectivity index (χ3n) is 1.79. The molecule has 0 spiro atoms. The molecule has 0 unspecified atom stereocenters. The fraction of sp³-hybridized carbons (Fsp3) is 0.400. The molecular weight excluding hydrogens is 224 g/mol. The number of nitrogen functional groups attached to an aromatic ring is 1. The highest BCUT2D eigenvalue weighted by Gasteiger charge is 2.14. The molecule has 16 heavy (non-hydrogen) atoms. The lowest BCUT2D eigenvalue weighted by atomic mass is 10.4. The van der Waals surface area contributed by atoms with Gasteiger partial charge >= 0.3 is 0 Å². The summed E-state index contributed by atoms with van der Waals surface area (Å²) in [6.07, 6.45) is 0.639. The van der Waals surface area contributed by atoms with E-state index < -0.39 is 0 Å². The minimum Gasteiger partial charge on any atom is -0.382 e. The van der Waals surface area contributed by atoms with Crippen LogP contribution in [0.3, 0.4) is 0 Å². The van der Waals surface area contributed by atoms with Gasteiger partial charge in [0.2, 0.25) is 0 Å². The molecule has 5 nitrogen and oxygen atoms in total. The Bertz CT molecular complexity index is 430. The van der Waals surface area contributed by atoms with Gasteiger partial charge in [-0.3, -0.25) is 4.79 Å². The first kappa shape index (κ1) is 12.3. The number of nitrogens with one attached hydrogen (secondary N) is 2. The quantitative estimate of drug-likeness (QED) is 0.538. The van der Waals surface area contributed by atoms with Gasteiger partial charge in [0.25, 0.3) is 5.91 Å². The van der Waals surface area contributed by atoms with Gasteiger partial charge in [0.15, 0.2) is 5.13 Å². The summed E-state index contributed by atoms with van der Waals surface area (Å²) in [5.41, 5.74) is 5.62. The summed E-state index contributed by atoms with van der Waals surface area (Å²) >= 11 is 1.24. The molecule has 1 heterocycles. The van der Waals surface area contributed by atoms with Gasteiger partial charge in [0, 0.05) is 20.0 Å². The number of thiazole rings is 1. The van der Waals surface area contributed by atoms with E-state index in [-0.39, 0.29) is 11.7 Å². The zero-order valence-electron chi connectivity index (χ0n) is 9.26. The van der Waals surface area contributed by atoms with Gasteiger partial charge in [-0.25, -0.2) is 4.98 Å². The summed E-state index contributed by atoms with van der Waals surface area (Å²) in [6.45, 7) is 2.29. The van der Waals surface area contributed by atoms with Crippen LogP contribution in [-0.2, 0) is 0 Å². The van der Waals surface area contributed by atoms with Crippen LogP contribution in [0, 0.1) is 11.8 Å². The number of aromatic nitrogens is 1. The molecule has 0 radical (unpaired) electrons. The number of amides is 1. The lowest BCUT2D eigenvalue weighted by molar-refractivity contribution is 0.0959. The third kappa shape index (κ3) is 3.14. The summed E-state index contributed by atoms with van der Waals surface area (Å²) in [6, 6.07) is 0. The molecule has 0 aliphatic carbocycles. The van der Waals surface area contributed by atoms with Crippen LogP contribution in [0.4, 0.5) is 10.9 Å². The van der Waals surface area contributed by atoms with Crippen molar-refractivity contribution in [1.82, 2.24) is 10.3 Å². The molecular formula is C10H14N4OS. The molecule has 0 aliphatic rings. The van der Waals surface area contributed by atoms with Crippen molar-refractivity contribution in [1.29, 1.82) is 0 Å². The maximum absolute atomic E-state index is 11.7. The maximum Gasteiger partial charge on any atom is 0.265 e. The zero-order valence-corrected chi connectivity index (χ0v) is 10.1. The molecule has 0 bridgehead atoms. The number of rotatable bonds is 4. The maximum atomic E-state index is 11.7. The Labute approximate surface area is 98.4 Å². The third-order valence-corrected chi connectivity index (χ3v) is 2.87. The van der Waals surface area contributed by atoms with E-state index in [9.17, 15) is 4.79 Å². The van der Waals surface area contributed by atoms with Crippen LogP contribution in [0.1, 0.15) is 23.0 Å². The molecule has 1 amide bonds. The van der Waals surface area contributed by atoms with Crippen LogP contribution >= 0.6 is 11.3 Å². The Morgan fingerprint density at radius 1 is 1.62 bits per heavy atom. The fourth-order valence-electron chi connectivity index (χ4n) is 1.05. The highest BCUT2D eigenvalue weighted by Crippen LogP contribution is 2.23. The van der Waals surface area contributed by atoms with Crippen LogP contribution in [0.25, 0.3) is 0 Å². The highest BCUT2D eigenvalue weighted by atomic mass is 32.1. The Kier molecular flexibility index (Phi) is 4.61. The van der Waals surface area contributed by atoms with E-state index in [2.05, 4.69) is 27.5 Å². The van der Waals surface area contributed by atoms with Crippen molar-refractivity contribution >= 4 is 28.2 Å². The first-order valence-electron chi connectivity index (χ1n) is 4.81. The number of hydrogen-bond donors (Lipinski definition) is 3. The van der Waals surface area contributed by atoms with Crippen LogP contribution < -0.4 is 16.4 Å². The highest BCUT2D eigenvalue weighted by molar-refractivity contribution is 7.18. The Morgan fingerprint density at radius 2 is 2.38 bits per heavy atom. The SMILES string of the molecule is CC#CCCNC(=O)c1sc(NC)nc1N. The fourth-order valence-corrected chi connectivity index (χ4v) is 1.80. The van der Waals surface area contributed by atoms with E-state index in [1.807, 2.05) is 0 Å². The van der Waals surface area contributed by atoms with Crippen molar-refractivity contribution in [2.75, 3.05) is 24.6 Å². The monoisotopic (exact) mass is 238 g/mol. The van der Waals surface area contributed by atoms with Gasteiger partial charge < -0.3 is 16.4 Å². The number of nitrogens with two attached hydrogens (primary N) is 1. The van der Waals surface area contributed by atoms with Crippen LogP contribution in [0.5, 0.6) is 0 Å². The molecule has 0 saturated carbocycles. The van der Waals surface area contributed by atoms with E-state index in [1.54, 1.807) is 14.0 Å². The van der Waals surface area contributed by atoms with Crippen LogP contribution in [0.15, 0.2) is 0 Å². The van der Waals surface area contributed by atoms with E-state index in [0.717, 1.165) is 0 Å². The van der Waals surface area contributed by atoms with Crippen LogP contribution in [-0.4, -0.2) is 24.5 Å². The summed E-state index contributed by atoms with van der Waals surface area (Å²) in [4.78, 5) is 16.1. The van der Waals surface area contributed by atoms with Crippen molar-refractivity contribution in [3.63, 3.8) is 0 Å². The molecule has 1 aromatic heterocycles. The second kappa shape index (κ2) is 5.98. The molecule has 0 aliphatic heterocycles. The Hall–Kier alpha value is -1.74. The van der Waals surface area contributed by atoms with Crippen molar-refractivity contribution in [3.05, 3.63) is 4.88 Å². The average molecular weight is 238 g/mol. The second-order valence-corrected chi connectivity index (χ2v) is 3.92. The number of anilines is 2. The molecule has 0 atom stereocenters. The summed E-state index contributed by atoms with van der Waals surface area (Å²) in [7, 11) is 1.73. The van der Waals surface area contributed by atoms with Crippen molar-refractivity contribution in [2.24, 2.45) is 0 Å². The minimum atomic E-state index is -0.200. The first-order chi connectivity index (χ1) is 7.69. The molecule has 6 heteroatoms. The predicted octanol–water partition coefficient (Wildman–Crippen LogP) is 0.910. The molecule has 1 aromatic rings. The zero-order chi connectivity index (χ0) is 12.0. The molecule has 0 saturated heterocycles. The molecule has 1 rings (SSSR count). The average Bonchev–Trinajstić information content (AvgIpc) is 2.66. The van der Waals surface area contributed by atoms with Crippen molar-refractivity contribution in [2.45, 2.75) is 13.3 Å². The lowest BCUT2D eigenvalue weighted by Gasteiger charge is -1.99. The number of hydrogen-bond acceptors (Lipinski definition) is 5. The predicted molar refractivity (Wildman–Crippen MR) is 66.5 cm³/mol. The molecule has 0 aromatic carbocycles. The van der Waals surface area contributed by atoms with E-state index in [4.69, 9.17) is 5.73 Å². The van der Waals surface area contributed by atoms with Gasteiger partial charge in [-0.05, 0) is 6.92 Å². The summed E-state index contributed by atoms with van der Waals surface area (Å²) in [5, 5.41) is 6.21. The Morgan fingerprint density at radius 3 is 2.94 bits per heavy atom. The van der Waals surface area contributed by atoms with Crippen LogP contribution in [0.2, 0.25) is 0 Å². The Balaban J connectivity index is 2.57. The van der Waals surface area contributed by atoms with Gasteiger partial charge in [-0.15, -0.1) is 11.8 Å².